The van der Waals surface area contributed by atoms with E-state index in [9.17, 15) is 0 Å². The highest BCUT2D eigenvalue weighted by molar-refractivity contribution is 4.45. The predicted octanol–water partition coefficient (Wildman–Crippen LogP) is -0.977. The molecule has 5 N–H and O–H groups in total. The molecule has 1 unspecified atom stereocenters. The molecule has 4 heteroatoms. The Hall–Kier alpha value is -0.160. The Balaban J connectivity index is 2.86. The van der Waals surface area contributed by atoms with Crippen LogP contribution in [0.1, 0.15) is 12.8 Å². The number of nitrogens with one attached hydrogen (secondary N) is 1. The van der Waals surface area contributed by atoms with Crippen LogP contribution in [-0.2, 0) is 0 Å². The highest BCUT2D eigenvalue weighted by Crippen LogP contribution is 1.88. The van der Waals surface area contributed by atoms with Gasteiger partial charge in [-0.15, -0.1) is 0 Å². The van der Waals surface area contributed by atoms with Crippen LogP contribution in [-0.4, -0.2) is 23.1 Å². The summed E-state index contributed by atoms with van der Waals surface area (Å²) in [6, 6.07) is 0. The average Bonchev–Trinajstić information content (AvgIpc) is 1.83. The van der Waals surface area contributed by atoms with Crippen LogP contribution in [0.15, 0.2) is 0 Å². The lowest BCUT2D eigenvalue weighted by Gasteiger charge is -2.04. The summed E-state index contributed by atoms with van der Waals surface area (Å²) in [5.41, 5.74) is 6.81. The van der Waals surface area contributed by atoms with E-state index in [1.54, 1.807) is 5.48 Å². The second-order valence-electron chi connectivity index (χ2n) is 1.58. The number of aliphatic hydroxyl groups excluding tert-OH is 1. The minimum atomic E-state index is -0.821. The first-order chi connectivity index (χ1) is 3.81. The van der Waals surface area contributed by atoms with Crippen molar-refractivity contribution in [2.75, 3.05) is 6.54 Å². The molecule has 1 atom stereocenters. The van der Waals surface area contributed by atoms with Gasteiger partial charge in [0, 0.05) is 0 Å². The van der Waals surface area contributed by atoms with Gasteiger partial charge in [-0.2, -0.15) is 5.48 Å². The summed E-state index contributed by atoms with van der Waals surface area (Å²) in [4.78, 5) is 0. The van der Waals surface area contributed by atoms with Crippen molar-refractivity contribution in [3.63, 3.8) is 0 Å². The van der Waals surface area contributed by atoms with Crippen molar-refractivity contribution < 1.29 is 10.3 Å². The van der Waals surface area contributed by atoms with E-state index in [2.05, 4.69) is 0 Å². The maximum Gasteiger partial charge on any atom is 0.126 e. The third-order valence-corrected chi connectivity index (χ3v) is 0.831. The monoisotopic (exact) mass is 120 g/mol. The SMILES string of the molecule is NCCCC(O)NO. The molecule has 0 aromatic heterocycles. The van der Waals surface area contributed by atoms with E-state index < -0.39 is 6.23 Å². The van der Waals surface area contributed by atoms with Crippen LogP contribution in [0.5, 0.6) is 0 Å². The normalized spacial score (nSPS) is 13.9. The number of nitrogens with two attached hydrogens (primary N) is 1. The second-order valence-corrected chi connectivity index (χ2v) is 1.58. The molecule has 0 spiro atoms. The predicted molar refractivity (Wildman–Crippen MR) is 29.2 cm³/mol. The van der Waals surface area contributed by atoms with E-state index in [4.69, 9.17) is 16.0 Å². The molecule has 0 saturated heterocycles. The molecule has 0 saturated carbocycles. The molecular formula is C4H12N2O2. The zero-order valence-corrected chi connectivity index (χ0v) is 4.67. The Labute approximate surface area is 48.3 Å². The summed E-state index contributed by atoms with van der Waals surface area (Å²) in [6.45, 7) is 0.540. The Morgan fingerprint density at radius 3 is 2.62 bits per heavy atom. The van der Waals surface area contributed by atoms with Crippen LogP contribution in [0.4, 0.5) is 0 Å². The first-order valence-corrected chi connectivity index (χ1v) is 2.59. The summed E-state index contributed by atoms with van der Waals surface area (Å²) >= 11 is 0. The van der Waals surface area contributed by atoms with Gasteiger partial charge >= 0.3 is 0 Å². The molecule has 0 heterocycles. The highest BCUT2D eigenvalue weighted by atomic mass is 16.5. The lowest BCUT2D eigenvalue weighted by atomic mass is 10.3. The first-order valence-electron chi connectivity index (χ1n) is 2.59. The van der Waals surface area contributed by atoms with E-state index in [0.29, 0.717) is 19.4 Å². The van der Waals surface area contributed by atoms with Crippen molar-refractivity contribution in [3.05, 3.63) is 0 Å². The van der Waals surface area contributed by atoms with Gasteiger partial charge in [0.2, 0.25) is 0 Å². The summed E-state index contributed by atoms with van der Waals surface area (Å²) in [6.07, 6.45) is 0.389. The fourth-order valence-electron chi connectivity index (χ4n) is 0.376. The maximum atomic E-state index is 8.57. The molecule has 8 heavy (non-hydrogen) atoms. The van der Waals surface area contributed by atoms with Gasteiger partial charge in [-0.25, -0.2) is 0 Å². The molecule has 0 radical (unpaired) electrons. The lowest BCUT2D eigenvalue weighted by Crippen LogP contribution is -2.25. The van der Waals surface area contributed by atoms with Crippen LogP contribution in [0.2, 0.25) is 0 Å². The standard InChI is InChI=1S/C4H12N2O2/c5-3-1-2-4(7)6-8/h4,6-8H,1-3,5H2. The van der Waals surface area contributed by atoms with Crippen molar-refractivity contribution >= 4 is 0 Å². The summed E-state index contributed by atoms with van der Waals surface area (Å²) in [5, 5.41) is 16.6. The molecule has 0 amide bonds. The van der Waals surface area contributed by atoms with Crippen molar-refractivity contribution in [2.24, 2.45) is 5.73 Å². The Morgan fingerprint density at radius 1 is 1.62 bits per heavy atom. The van der Waals surface area contributed by atoms with Gasteiger partial charge in [-0.1, -0.05) is 0 Å². The van der Waals surface area contributed by atoms with Gasteiger partial charge in [0.1, 0.15) is 6.23 Å². The maximum absolute atomic E-state index is 8.57. The first kappa shape index (κ1) is 7.84. The topological polar surface area (TPSA) is 78.5 Å². The molecule has 0 aliphatic carbocycles. The average molecular weight is 120 g/mol. The number of aliphatic hydroxyl groups is 1. The highest BCUT2D eigenvalue weighted by Gasteiger charge is 1.96. The van der Waals surface area contributed by atoms with Crippen LogP contribution in [0.3, 0.4) is 0 Å². The van der Waals surface area contributed by atoms with Crippen LogP contribution < -0.4 is 11.2 Å². The summed E-state index contributed by atoms with van der Waals surface area (Å²) < 4.78 is 0. The van der Waals surface area contributed by atoms with E-state index in [1.807, 2.05) is 0 Å². The molecule has 4 nitrogen and oxygen atoms in total. The fourth-order valence-corrected chi connectivity index (χ4v) is 0.376. The number of hydroxylamine groups is 1. The van der Waals surface area contributed by atoms with Gasteiger partial charge < -0.3 is 16.0 Å². The van der Waals surface area contributed by atoms with Gasteiger partial charge in [0.15, 0.2) is 0 Å². The smallest absolute Gasteiger partial charge is 0.126 e. The summed E-state index contributed by atoms with van der Waals surface area (Å²) in [7, 11) is 0. The fraction of sp³-hybridized carbons (Fsp3) is 1.00. The van der Waals surface area contributed by atoms with E-state index in [-0.39, 0.29) is 0 Å². The Morgan fingerprint density at radius 2 is 2.25 bits per heavy atom. The zero-order chi connectivity index (χ0) is 6.41. The summed E-state index contributed by atoms with van der Waals surface area (Å²) in [5.74, 6) is 0. The quantitative estimate of drug-likeness (QED) is 0.284. The van der Waals surface area contributed by atoms with Crippen molar-refractivity contribution in [2.45, 2.75) is 19.1 Å². The van der Waals surface area contributed by atoms with Crippen LogP contribution in [0.25, 0.3) is 0 Å². The molecule has 0 rings (SSSR count). The van der Waals surface area contributed by atoms with E-state index in [0.717, 1.165) is 0 Å². The second kappa shape index (κ2) is 4.99. The minimum Gasteiger partial charge on any atom is -0.377 e. The molecule has 0 aromatic rings. The van der Waals surface area contributed by atoms with Crippen LogP contribution >= 0.6 is 0 Å². The van der Waals surface area contributed by atoms with Gasteiger partial charge in [-0.3, -0.25) is 0 Å². The van der Waals surface area contributed by atoms with E-state index in [1.165, 1.54) is 0 Å². The van der Waals surface area contributed by atoms with Crippen molar-refractivity contribution in [3.8, 4) is 0 Å². The Bertz CT molecular complexity index is 51.3. The molecule has 0 aliphatic rings. The molecule has 0 aromatic carbocycles. The lowest BCUT2D eigenvalue weighted by molar-refractivity contribution is -0.00322. The van der Waals surface area contributed by atoms with Crippen molar-refractivity contribution in [1.82, 2.24) is 5.48 Å². The van der Waals surface area contributed by atoms with E-state index >= 15 is 0 Å². The zero-order valence-electron chi connectivity index (χ0n) is 4.67. The number of hydrogen-bond donors (Lipinski definition) is 4. The molecule has 50 valence electrons. The van der Waals surface area contributed by atoms with Gasteiger partial charge in [-0.05, 0) is 19.4 Å². The number of hydrogen-bond acceptors (Lipinski definition) is 4. The molecule has 0 bridgehead atoms. The molecule has 0 aliphatic heterocycles. The largest absolute Gasteiger partial charge is 0.377 e. The van der Waals surface area contributed by atoms with Crippen molar-refractivity contribution in [1.29, 1.82) is 0 Å². The van der Waals surface area contributed by atoms with Crippen LogP contribution in [0, 0.1) is 0 Å². The van der Waals surface area contributed by atoms with Gasteiger partial charge in [0.05, 0.1) is 0 Å². The molecular weight excluding hydrogens is 108 g/mol. The van der Waals surface area contributed by atoms with Gasteiger partial charge in [0.25, 0.3) is 0 Å². The minimum absolute atomic E-state index is 0.493. The third kappa shape index (κ3) is 4.01. The Kier molecular flexibility index (Phi) is 4.89. The molecule has 0 fully saturated rings. The number of rotatable bonds is 4. The third-order valence-electron chi connectivity index (χ3n) is 0.831.